The van der Waals surface area contributed by atoms with Crippen LogP contribution in [0.25, 0.3) is 10.2 Å². The van der Waals surface area contributed by atoms with E-state index < -0.39 is 0 Å². The second-order valence-electron chi connectivity index (χ2n) is 5.02. The molecule has 0 aliphatic rings. The number of ether oxygens (including phenoxy) is 1. The average Bonchev–Trinajstić information content (AvgIpc) is 2.89. The molecule has 1 heterocycles. The number of rotatable bonds is 5. The van der Waals surface area contributed by atoms with E-state index in [0.717, 1.165) is 29.4 Å². The van der Waals surface area contributed by atoms with Gasteiger partial charge >= 0.3 is 0 Å². The topological polar surface area (TPSA) is 34.1 Å². The van der Waals surface area contributed by atoms with Crippen molar-refractivity contribution in [2.24, 2.45) is 0 Å². The largest absolute Gasteiger partial charge is 0.497 e. The predicted octanol–water partition coefficient (Wildman–Crippen LogP) is 4.27. The lowest BCUT2D eigenvalue weighted by atomic mass is 10.1. The Morgan fingerprint density at radius 2 is 1.95 bits per heavy atom. The highest BCUT2D eigenvalue weighted by atomic mass is 32.1. The summed E-state index contributed by atoms with van der Waals surface area (Å²) in [6.07, 6.45) is 0.971. The maximum Gasteiger partial charge on any atom is 0.183 e. The van der Waals surface area contributed by atoms with Crippen molar-refractivity contribution in [3.63, 3.8) is 0 Å². The van der Waals surface area contributed by atoms with Gasteiger partial charge in [-0.25, -0.2) is 4.98 Å². The average molecular weight is 298 g/mol. The lowest BCUT2D eigenvalue weighted by molar-refractivity contribution is 0.414. The molecule has 0 aliphatic heterocycles. The number of aromatic nitrogens is 1. The Balaban J connectivity index is 1.60. The van der Waals surface area contributed by atoms with Crippen LogP contribution >= 0.6 is 11.3 Å². The molecule has 0 bridgehead atoms. The number of methoxy groups -OCH3 is 1. The fraction of sp³-hybridized carbons (Fsp3) is 0.235. The maximum absolute atomic E-state index is 5.16. The van der Waals surface area contributed by atoms with Crippen LogP contribution in [-0.2, 0) is 6.42 Å². The van der Waals surface area contributed by atoms with Crippen LogP contribution in [0.15, 0.2) is 42.5 Å². The highest BCUT2D eigenvalue weighted by Gasteiger charge is 2.03. The molecule has 3 aromatic rings. The minimum Gasteiger partial charge on any atom is -0.497 e. The van der Waals surface area contributed by atoms with Crippen molar-refractivity contribution in [1.29, 1.82) is 0 Å². The van der Waals surface area contributed by atoms with Gasteiger partial charge < -0.3 is 10.1 Å². The normalized spacial score (nSPS) is 10.8. The van der Waals surface area contributed by atoms with Gasteiger partial charge in [0.1, 0.15) is 5.75 Å². The molecule has 0 saturated heterocycles. The molecule has 3 nitrogen and oxygen atoms in total. The van der Waals surface area contributed by atoms with Crippen LogP contribution in [0.1, 0.15) is 11.1 Å². The molecule has 0 amide bonds. The van der Waals surface area contributed by atoms with E-state index in [2.05, 4.69) is 47.6 Å². The summed E-state index contributed by atoms with van der Waals surface area (Å²) in [5.41, 5.74) is 3.63. The number of thiazole rings is 1. The number of nitrogens with one attached hydrogen (secondary N) is 1. The highest BCUT2D eigenvalue weighted by molar-refractivity contribution is 7.22. The fourth-order valence-corrected chi connectivity index (χ4v) is 3.20. The molecule has 0 spiro atoms. The van der Waals surface area contributed by atoms with E-state index in [0.29, 0.717) is 0 Å². The first-order valence-electron chi connectivity index (χ1n) is 6.98. The lowest BCUT2D eigenvalue weighted by Gasteiger charge is -2.04. The molecule has 0 aliphatic carbocycles. The van der Waals surface area contributed by atoms with E-state index in [1.165, 1.54) is 15.8 Å². The Labute approximate surface area is 128 Å². The Morgan fingerprint density at radius 1 is 1.14 bits per heavy atom. The van der Waals surface area contributed by atoms with Crippen molar-refractivity contribution in [3.8, 4) is 5.75 Å². The number of aryl methyl sites for hydroxylation is 1. The second kappa shape index (κ2) is 6.14. The van der Waals surface area contributed by atoms with E-state index in [1.807, 2.05) is 12.1 Å². The summed E-state index contributed by atoms with van der Waals surface area (Å²) in [6.45, 7) is 2.99. The molecule has 0 radical (unpaired) electrons. The van der Waals surface area contributed by atoms with Gasteiger partial charge in [-0.3, -0.25) is 0 Å². The van der Waals surface area contributed by atoms with Gasteiger partial charge in [0.25, 0.3) is 0 Å². The van der Waals surface area contributed by atoms with Crippen molar-refractivity contribution in [3.05, 3.63) is 53.6 Å². The molecule has 0 atom stereocenters. The lowest BCUT2D eigenvalue weighted by Crippen LogP contribution is -2.04. The third-order valence-corrected chi connectivity index (χ3v) is 4.37. The second-order valence-corrected chi connectivity index (χ2v) is 6.05. The van der Waals surface area contributed by atoms with E-state index in [4.69, 9.17) is 4.74 Å². The van der Waals surface area contributed by atoms with Gasteiger partial charge in [-0.1, -0.05) is 29.5 Å². The first-order valence-corrected chi connectivity index (χ1v) is 7.80. The molecule has 21 heavy (non-hydrogen) atoms. The summed E-state index contributed by atoms with van der Waals surface area (Å²) in [7, 11) is 1.69. The Hall–Kier alpha value is -2.07. The predicted molar refractivity (Wildman–Crippen MR) is 89.5 cm³/mol. The van der Waals surface area contributed by atoms with E-state index in [9.17, 15) is 0 Å². The van der Waals surface area contributed by atoms with Crippen LogP contribution in [0.4, 0.5) is 5.13 Å². The molecular weight excluding hydrogens is 280 g/mol. The van der Waals surface area contributed by atoms with Gasteiger partial charge in [0, 0.05) is 6.54 Å². The van der Waals surface area contributed by atoms with Crippen molar-refractivity contribution >= 4 is 26.7 Å². The number of fused-ring (bicyclic) bond motifs is 1. The zero-order valence-electron chi connectivity index (χ0n) is 12.2. The number of hydrogen-bond donors (Lipinski definition) is 1. The zero-order valence-corrected chi connectivity index (χ0v) is 13.0. The van der Waals surface area contributed by atoms with Crippen molar-refractivity contribution in [2.75, 3.05) is 19.0 Å². The minimum absolute atomic E-state index is 0.880. The Morgan fingerprint density at radius 3 is 2.71 bits per heavy atom. The quantitative estimate of drug-likeness (QED) is 0.764. The van der Waals surface area contributed by atoms with Crippen molar-refractivity contribution in [2.45, 2.75) is 13.3 Å². The van der Waals surface area contributed by atoms with Gasteiger partial charge in [-0.05, 0) is 48.7 Å². The zero-order chi connectivity index (χ0) is 14.7. The smallest absolute Gasteiger partial charge is 0.183 e. The molecule has 108 valence electrons. The van der Waals surface area contributed by atoms with Crippen LogP contribution < -0.4 is 10.1 Å². The molecule has 1 aromatic heterocycles. The monoisotopic (exact) mass is 298 g/mol. The van der Waals surface area contributed by atoms with Gasteiger partial charge in [0.15, 0.2) is 5.13 Å². The SMILES string of the molecule is COc1ccc(CCNc2nc3ccc(C)cc3s2)cc1. The highest BCUT2D eigenvalue weighted by Crippen LogP contribution is 2.26. The van der Waals surface area contributed by atoms with E-state index >= 15 is 0 Å². The number of nitrogens with zero attached hydrogens (tertiary/aromatic N) is 1. The summed E-state index contributed by atoms with van der Waals surface area (Å²) in [6, 6.07) is 14.6. The van der Waals surface area contributed by atoms with Gasteiger partial charge in [-0.15, -0.1) is 0 Å². The third-order valence-electron chi connectivity index (χ3n) is 3.39. The molecule has 0 fully saturated rings. The van der Waals surface area contributed by atoms with Crippen LogP contribution in [0.2, 0.25) is 0 Å². The van der Waals surface area contributed by atoms with E-state index in [1.54, 1.807) is 18.4 Å². The van der Waals surface area contributed by atoms with Crippen LogP contribution in [0.5, 0.6) is 5.75 Å². The molecule has 3 rings (SSSR count). The summed E-state index contributed by atoms with van der Waals surface area (Å²) in [4.78, 5) is 4.60. The van der Waals surface area contributed by atoms with Gasteiger partial charge in [0.05, 0.1) is 17.3 Å². The third kappa shape index (κ3) is 3.34. The molecule has 0 unspecified atom stereocenters. The Kier molecular flexibility index (Phi) is 4.06. The molecule has 1 N–H and O–H groups in total. The van der Waals surface area contributed by atoms with E-state index in [-0.39, 0.29) is 0 Å². The van der Waals surface area contributed by atoms with Crippen LogP contribution in [-0.4, -0.2) is 18.6 Å². The molecule has 0 saturated carbocycles. The van der Waals surface area contributed by atoms with Gasteiger partial charge in [0.2, 0.25) is 0 Å². The number of anilines is 1. The summed E-state index contributed by atoms with van der Waals surface area (Å²) in [5.74, 6) is 0.897. The maximum atomic E-state index is 5.16. The molecule has 4 heteroatoms. The number of benzene rings is 2. The summed E-state index contributed by atoms with van der Waals surface area (Å²) in [5, 5.41) is 4.40. The van der Waals surface area contributed by atoms with Gasteiger partial charge in [-0.2, -0.15) is 0 Å². The fourth-order valence-electron chi connectivity index (χ4n) is 2.21. The minimum atomic E-state index is 0.880. The first kappa shape index (κ1) is 13.9. The van der Waals surface area contributed by atoms with Crippen LogP contribution in [0.3, 0.4) is 0 Å². The summed E-state index contributed by atoms with van der Waals surface area (Å²) >= 11 is 1.71. The van der Waals surface area contributed by atoms with Crippen molar-refractivity contribution in [1.82, 2.24) is 4.98 Å². The molecule has 2 aromatic carbocycles. The summed E-state index contributed by atoms with van der Waals surface area (Å²) < 4.78 is 6.40. The standard InChI is InChI=1S/C17H18N2OS/c1-12-3-8-15-16(11-12)21-17(19-15)18-10-9-13-4-6-14(20-2)7-5-13/h3-8,11H,9-10H2,1-2H3,(H,18,19). The van der Waals surface area contributed by atoms with Crippen molar-refractivity contribution < 1.29 is 4.74 Å². The number of hydrogen-bond acceptors (Lipinski definition) is 4. The first-order chi connectivity index (χ1) is 10.2. The Bertz CT molecular complexity index is 734. The van der Waals surface area contributed by atoms with Crippen LogP contribution in [0, 0.1) is 6.92 Å². The molecular formula is C17H18N2OS.